The van der Waals surface area contributed by atoms with Crippen LogP contribution in [0.3, 0.4) is 0 Å². The number of carbonyl (C=O) groups is 1. The highest BCUT2D eigenvalue weighted by Gasteiger charge is 1.90. The Morgan fingerprint density at radius 3 is 2.55 bits per heavy atom. The predicted molar refractivity (Wildman–Crippen MR) is 92.0 cm³/mol. The van der Waals surface area contributed by atoms with Gasteiger partial charge in [0.15, 0.2) is 0 Å². The number of rotatable bonds is 14. The standard InChI is InChI=1S/C19H30O3/c1-2-3-4-5-6-7-8-9-11-14-17-22-18-15-12-10-13-16-19(20)21/h6-7,9-11,15H,2-5,8,13-14,16-18H2,1H3,(H,20,21). The van der Waals surface area contributed by atoms with Gasteiger partial charge in [0.2, 0.25) is 0 Å². The molecule has 0 unspecified atom stereocenters. The van der Waals surface area contributed by atoms with E-state index < -0.39 is 5.97 Å². The number of aliphatic carboxylic acids is 1. The molecule has 0 aromatic rings. The molecule has 1 N–H and O–H groups in total. The average Bonchev–Trinajstić information content (AvgIpc) is 2.50. The Morgan fingerprint density at radius 1 is 1.05 bits per heavy atom. The van der Waals surface area contributed by atoms with Crippen LogP contribution in [0.25, 0.3) is 0 Å². The summed E-state index contributed by atoms with van der Waals surface area (Å²) in [7, 11) is 0. The summed E-state index contributed by atoms with van der Waals surface area (Å²) < 4.78 is 5.41. The van der Waals surface area contributed by atoms with Crippen LogP contribution in [0.15, 0.2) is 42.2 Å². The first kappa shape index (κ1) is 20.4. The van der Waals surface area contributed by atoms with Crippen molar-refractivity contribution in [2.24, 2.45) is 0 Å². The molecular weight excluding hydrogens is 276 g/mol. The maximum atomic E-state index is 10.3. The molecule has 0 spiro atoms. The number of unbranched alkanes of at least 4 members (excludes halogenated alkanes) is 3. The van der Waals surface area contributed by atoms with Crippen molar-refractivity contribution < 1.29 is 14.6 Å². The van der Waals surface area contributed by atoms with E-state index in [0.29, 0.717) is 19.6 Å². The summed E-state index contributed by atoms with van der Waals surface area (Å²) in [5, 5.41) is 8.45. The minimum absolute atomic E-state index is 0.152. The summed E-state index contributed by atoms with van der Waals surface area (Å²) >= 11 is 0. The van der Waals surface area contributed by atoms with Crippen LogP contribution >= 0.6 is 0 Å². The molecule has 0 rings (SSSR count). The third-order valence-electron chi connectivity index (χ3n) is 2.95. The molecule has 0 atom stereocenters. The largest absolute Gasteiger partial charge is 0.481 e. The van der Waals surface area contributed by atoms with Crippen LogP contribution in [-0.2, 0) is 9.53 Å². The van der Waals surface area contributed by atoms with Gasteiger partial charge < -0.3 is 9.84 Å². The van der Waals surface area contributed by atoms with Crippen LogP contribution in [0.4, 0.5) is 0 Å². The Balaban J connectivity index is 3.36. The monoisotopic (exact) mass is 306 g/mol. The summed E-state index contributed by atoms with van der Waals surface area (Å²) in [5.74, 6) is -0.781. The first-order chi connectivity index (χ1) is 10.8. The SMILES string of the molecule is CCCCCC=CCC=CCCOCC=C=CCCC(=O)O. The van der Waals surface area contributed by atoms with E-state index in [1.807, 2.05) is 0 Å². The summed E-state index contributed by atoms with van der Waals surface area (Å²) in [6.45, 7) is 3.44. The third kappa shape index (κ3) is 18.4. The van der Waals surface area contributed by atoms with Gasteiger partial charge in [-0.2, -0.15) is 0 Å². The van der Waals surface area contributed by atoms with Gasteiger partial charge >= 0.3 is 5.97 Å². The lowest BCUT2D eigenvalue weighted by molar-refractivity contribution is -0.136. The van der Waals surface area contributed by atoms with E-state index in [9.17, 15) is 4.79 Å². The second-order valence-corrected chi connectivity index (χ2v) is 5.05. The molecule has 3 heteroatoms. The van der Waals surface area contributed by atoms with Crippen LogP contribution in [0.2, 0.25) is 0 Å². The molecule has 0 amide bonds. The summed E-state index contributed by atoms with van der Waals surface area (Å²) in [6.07, 6.45) is 20.0. The van der Waals surface area contributed by atoms with Gasteiger partial charge in [-0.3, -0.25) is 4.79 Å². The Hall–Kier alpha value is -1.57. The highest BCUT2D eigenvalue weighted by Crippen LogP contribution is 2.00. The number of allylic oxidation sites excluding steroid dienone is 3. The molecule has 0 aromatic heterocycles. The van der Waals surface area contributed by atoms with Crippen LogP contribution in [0.5, 0.6) is 0 Å². The van der Waals surface area contributed by atoms with Gasteiger partial charge in [-0.05, 0) is 44.3 Å². The smallest absolute Gasteiger partial charge is 0.303 e. The lowest BCUT2D eigenvalue weighted by Crippen LogP contribution is -1.92. The molecule has 0 heterocycles. The predicted octanol–water partition coefficient (Wildman–Crippen LogP) is 5.05. The number of carboxylic acid groups (broad SMARTS) is 1. The molecule has 0 aliphatic rings. The first-order valence-corrected chi connectivity index (χ1v) is 8.26. The summed E-state index contributed by atoms with van der Waals surface area (Å²) in [5.41, 5.74) is 2.91. The van der Waals surface area contributed by atoms with E-state index in [4.69, 9.17) is 9.84 Å². The molecule has 3 nitrogen and oxygen atoms in total. The zero-order chi connectivity index (χ0) is 16.3. The van der Waals surface area contributed by atoms with Crippen LogP contribution in [0, 0.1) is 0 Å². The second kappa shape index (κ2) is 17.5. The zero-order valence-electron chi connectivity index (χ0n) is 13.8. The Labute approximate surface area is 135 Å². The van der Waals surface area contributed by atoms with Gasteiger partial charge in [-0.15, -0.1) is 5.73 Å². The molecule has 0 radical (unpaired) electrons. The molecule has 0 aromatic carbocycles. The Kier molecular flexibility index (Phi) is 16.2. The maximum absolute atomic E-state index is 10.3. The molecule has 22 heavy (non-hydrogen) atoms. The summed E-state index contributed by atoms with van der Waals surface area (Å²) in [6, 6.07) is 0. The van der Waals surface area contributed by atoms with E-state index in [2.05, 4.69) is 37.0 Å². The molecule has 0 aliphatic heterocycles. The van der Waals surface area contributed by atoms with Crippen molar-refractivity contribution in [3.05, 3.63) is 42.2 Å². The fourth-order valence-electron chi connectivity index (χ4n) is 1.72. The van der Waals surface area contributed by atoms with Gasteiger partial charge in [0.25, 0.3) is 0 Å². The molecule has 0 saturated heterocycles. The van der Waals surface area contributed by atoms with Crippen molar-refractivity contribution in [2.75, 3.05) is 13.2 Å². The minimum Gasteiger partial charge on any atom is -0.481 e. The molecular formula is C19H30O3. The molecule has 0 aliphatic carbocycles. The van der Waals surface area contributed by atoms with Crippen molar-refractivity contribution in [1.29, 1.82) is 0 Å². The molecule has 0 bridgehead atoms. The number of ether oxygens (including phenoxy) is 1. The molecule has 0 saturated carbocycles. The van der Waals surface area contributed by atoms with Crippen molar-refractivity contribution in [1.82, 2.24) is 0 Å². The third-order valence-corrected chi connectivity index (χ3v) is 2.95. The zero-order valence-corrected chi connectivity index (χ0v) is 13.8. The number of hydrogen-bond donors (Lipinski definition) is 1. The van der Waals surface area contributed by atoms with E-state index in [1.165, 1.54) is 25.7 Å². The van der Waals surface area contributed by atoms with E-state index in [0.717, 1.165) is 12.8 Å². The minimum atomic E-state index is -0.781. The topological polar surface area (TPSA) is 46.5 Å². The lowest BCUT2D eigenvalue weighted by Gasteiger charge is -1.95. The second-order valence-electron chi connectivity index (χ2n) is 5.05. The lowest BCUT2D eigenvalue weighted by atomic mass is 10.2. The van der Waals surface area contributed by atoms with Gasteiger partial charge in [0.05, 0.1) is 13.2 Å². The van der Waals surface area contributed by atoms with E-state index in [1.54, 1.807) is 12.2 Å². The van der Waals surface area contributed by atoms with Crippen molar-refractivity contribution in [3.63, 3.8) is 0 Å². The Bertz CT molecular complexity index is 374. The Morgan fingerprint density at radius 2 is 1.82 bits per heavy atom. The first-order valence-electron chi connectivity index (χ1n) is 8.26. The number of carboxylic acids is 1. The van der Waals surface area contributed by atoms with Gasteiger partial charge in [0, 0.05) is 6.42 Å². The maximum Gasteiger partial charge on any atom is 0.303 e. The fraction of sp³-hybridized carbons (Fsp3) is 0.579. The van der Waals surface area contributed by atoms with Crippen molar-refractivity contribution in [3.8, 4) is 0 Å². The normalized spacial score (nSPS) is 11.0. The quantitative estimate of drug-likeness (QED) is 0.277. The van der Waals surface area contributed by atoms with Crippen LogP contribution in [0.1, 0.15) is 58.3 Å². The highest BCUT2D eigenvalue weighted by molar-refractivity contribution is 5.66. The number of hydrogen-bond acceptors (Lipinski definition) is 2. The van der Waals surface area contributed by atoms with Gasteiger partial charge in [0.1, 0.15) is 0 Å². The van der Waals surface area contributed by atoms with Gasteiger partial charge in [-0.25, -0.2) is 0 Å². The fourth-order valence-corrected chi connectivity index (χ4v) is 1.72. The van der Waals surface area contributed by atoms with E-state index >= 15 is 0 Å². The molecule has 124 valence electrons. The van der Waals surface area contributed by atoms with Crippen molar-refractivity contribution >= 4 is 5.97 Å². The van der Waals surface area contributed by atoms with Crippen LogP contribution in [-0.4, -0.2) is 24.3 Å². The van der Waals surface area contributed by atoms with Crippen molar-refractivity contribution in [2.45, 2.75) is 58.3 Å². The van der Waals surface area contributed by atoms with Crippen LogP contribution < -0.4 is 0 Å². The van der Waals surface area contributed by atoms with Gasteiger partial charge in [-0.1, -0.05) is 44.1 Å². The average molecular weight is 306 g/mol. The van der Waals surface area contributed by atoms with E-state index in [-0.39, 0.29) is 6.42 Å². The summed E-state index contributed by atoms with van der Waals surface area (Å²) in [4.78, 5) is 10.3. The highest BCUT2D eigenvalue weighted by atomic mass is 16.5. The molecule has 0 fully saturated rings.